The molecule has 152 valence electrons. The van der Waals surface area contributed by atoms with Gasteiger partial charge in [-0.05, 0) is 68.8 Å². The summed E-state index contributed by atoms with van der Waals surface area (Å²) in [6.45, 7) is 9.62. The number of benzene rings is 2. The van der Waals surface area contributed by atoms with Gasteiger partial charge in [-0.25, -0.2) is 0 Å². The summed E-state index contributed by atoms with van der Waals surface area (Å²) in [6.07, 6.45) is 1.93. The van der Waals surface area contributed by atoms with E-state index < -0.39 is 0 Å². The largest absolute Gasteiger partial charge is 0.482 e. The maximum atomic E-state index is 12.7. The standard InChI is InChI=1S/C25H30N2O2/c1-4-27(5-2)24(28)20-12-10-19(11-13-20)23-18(3)25(14-16-26-17-15-25)29-22-9-7-6-8-21(22)23/h6-13,26H,4-5,14-17H2,1-3H3. The molecule has 2 aliphatic rings. The Morgan fingerprint density at radius 3 is 2.34 bits per heavy atom. The monoisotopic (exact) mass is 390 g/mol. The molecule has 0 bridgehead atoms. The van der Waals surface area contributed by atoms with Crippen LogP contribution in [0.1, 0.15) is 55.1 Å². The third kappa shape index (κ3) is 3.46. The van der Waals surface area contributed by atoms with Gasteiger partial charge in [0.1, 0.15) is 11.4 Å². The Balaban J connectivity index is 1.77. The summed E-state index contributed by atoms with van der Waals surface area (Å²) in [5.41, 5.74) is 5.32. The highest BCUT2D eigenvalue weighted by Crippen LogP contribution is 2.46. The highest BCUT2D eigenvalue weighted by atomic mass is 16.5. The average molecular weight is 391 g/mol. The minimum atomic E-state index is -0.245. The van der Waals surface area contributed by atoms with Gasteiger partial charge in [-0.2, -0.15) is 0 Å². The Kier molecular flexibility index (Phi) is 5.46. The molecule has 1 saturated heterocycles. The van der Waals surface area contributed by atoms with Crippen LogP contribution in [0.25, 0.3) is 5.57 Å². The Morgan fingerprint density at radius 2 is 1.69 bits per heavy atom. The molecule has 2 heterocycles. The van der Waals surface area contributed by atoms with Crippen molar-refractivity contribution >= 4 is 11.5 Å². The van der Waals surface area contributed by atoms with Crippen LogP contribution in [-0.2, 0) is 0 Å². The Bertz CT molecular complexity index is 920. The second-order valence-electron chi connectivity index (χ2n) is 7.90. The Morgan fingerprint density at radius 1 is 1.03 bits per heavy atom. The highest BCUT2D eigenvalue weighted by molar-refractivity contribution is 5.95. The molecule has 0 radical (unpaired) electrons. The minimum absolute atomic E-state index is 0.0921. The van der Waals surface area contributed by atoms with Crippen LogP contribution in [0.3, 0.4) is 0 Å². The molecule has 0 atom stereocenters. The molecule has 0 aliphatic carbocycles. The van der Waals surface area contributed by atoms with Crippen LogP contribution < -0.4 is 10.1 Å². The molecule has 1 fully saturated rings. The van der Waals surface area contributed by atoms with Crippen LogP contribution in [0, 0.1) is 0 Å². The molecule has 1 spiro atoms. The summed E-state index contributed by atoms with van der Waals surface area (Å²) in [5, 5.41) is 3.45. The van der Waals surface area contributed by atoms with E-state index in [-0.39, 0.29) is 11.5 Å². The zero-order valence-electron chi connectivity index (χ0n) is 17.6. The molecule has 4 heteroatoms. The minimum Gasteiger partial charge on any atom is -0.482 e. The van der Waals surface area contributed by atoms with Gasteiger partial charge in [0.2, 0.25) is 0 Å². The number of hydrogen-bond donors (Lipinski definition) is 1. The number of fused-ring (bicyclic) bond motifs is 1. The van der Waals surface area contributed by atoms with Gasteiger partial charge in [0, 0.05) is 37.1 Å². The zero-order chi connectivity index (χ0) is 20.4. The van der Waals surface area contributed by atoms with Crippen molar-refractivity contribution in [3.05, 3.63) is 70.8 Å². The maximum Gasteiger partial charge on any atom is 0.253 e. The van der Waals surface area contributed by atoms with Gasteiger partial charge < -0.3 is 15.0 Å². The van der Waals surface area contributed by atoms with E-state index in [9.17, 15) is 4.79 Å². The number of piperidine rings is 1. The molecule has 2 aromatic rings. The molecule has 4 rings (SSSR count). The SMILES string of the molecule is CCN(CC)C(=O)c1ccc(C2=C(C)C3(CCNCC3)Oc3ccccc32)cc1. The second-order valence-corrected chi connectivity index (χ2v) is 7.90. The van der Waals surface area contributed by atoms with Crippen molar-refractivity contribution < 1.29 is 9.53 Å². The van der Waals surface area contributed by atoms with E-state index in [2.05, 4.69) is 42.6 Å². The van der Waals surface area contributed by atoms with Crippen molar-refractivity contribution in [1.29, 1.82) is 0 Å². The van der Waals surface area contributed by atoms with Gasteiger partial charge >= 0.3 is 0 Å². The number of rotatable bonds is 4. The lowest BCUT2D eigenvalue weighted by atomic mass is 9.77. The first-order valence-electron chi connectivity index (χ1n) is 10.7. The van der Waals surface area contributed by atoms with Crippen LogP contribution in [0.4, 0.5) is 0 Å². The number of para-hydroxylation sites is 1. The smallest absolute Gasteiger partial charge is 0.253 e. The van der Waals surface area contributed by atoms with Crippen LogP contribution in [-0.4, -0.2) is 42.6 Å². The fourth-order valence-corrected chi connectivity index (χ4v) is 4.63. The first-order valence-corrected chi connectivity index (χ1v) is 10.7. The number of carbonyl (C=O) groups excluding carboxylic acids is 1. The lowest BCUT2D eigenvalue weighted by Crippen LogP contribution is -2.48. The van der Waals surface area contributed by atoms with Gasteiger partial charge in [0.05, 0.1) is 0 Å². The quantitative estimate of drug-likeness (QED) is 0.835. The summed E-state index contributed by atoms with van der Waals surface area (Å²) < 4.78 is 6.59. The van der Waals surface area contributed by atoms with Crippen molar-refractivity contribution in [3.8, 4) is 5.75 Å². The van der Waals surface area contributed by atoms with E-state index in [1.165, 1.54) is 11.1 Å². The summed E-state index contributed by atoms with van der Waals surface area (Å²) in [7, 11) is 0. The summed E-state index contributed by atoms with van der Waals surface area (Å²) in [6, 6.07) is 16.4. The lowest BCUT2D eigenvalue weighted by molar-refractivity contribution is 0.0695. The summed E-state index contributed by atoms with van der Waals surface area (Å²) >= 11 is 0. The number of hydrogen-bond acceptors (Lipinski definition) is 3. The third-order valence-corrected chi connectivity index (χ3v) is 6.40. The molecule has 1 amide bonds. The molecule has 4 nitrogen and oxygen atoms in total. The first kappa shape index (κ1) is 19.7. The van der Waals surface area contributed by atoms with Crippen LogP contribution >= 0.6 is 0 Å². The number of nitrogens with one attached hydrogen (secondary N) is 1. The topological polar surface area (TPSA) is 41.6 Å². The van der Waals surface area contributed by atoms with Gasteiger partial charge in [0.15, 0.2) is 0 Å². The van der Waals surface area contributed by atoms with E-state index in [4.69, 9.17) is 4.74 Å². The van der Waals surface area contributed by atoms with E-state index in [1.807, 2.05) is 36.9 Å². The zero-order valence-corrected chi connectivity index (χ0v) is 17.6. The molecule has 2 aliphatic heterocycles. The van der Waals surface area contributed by atoms with Crippen LogP contribution in [0.5, 0.6) is 5.75 Å². The number of nitrogens with zero attached hydrogens (tertiary/aromatic N) is 1. The highest BCUT2D eigenvalue weighted by Gasteiger charge is 2.41. The molecular formula is C25H30N2O2. The van der Waals surface area contributed by atoms with Crippen molar-refractivity contribution in [3.63, 3.8) is 0 Å². The van der Waals surface area contributed by atoms with Gasteiger partial charge in [0.25, 0.3) is 5.91 Å². The molecule has 0 unspecified atom stereocenters. The predicted octanol–water partition coefficient (Wildman–Crippen LogP) is 4.51. The second kappa shape index (κ2) is 8.03. The average Bonchev–Trinajstić information content (AvgIpc) is 2.76. The van der Waals surface area contributed by atoms with Crippen LogP contribution in [0.15, 0.2) is 54.1 Å². The first-order chi connectivity index (χ1) is 14.1. The van der Waals surface area contributed by atoms with Crippen LogP contribution in [0.2, 0.25) is 0 Å². The molecule has 1 N–H and O–H groups in total. The van der Waals surface area contributed by atoms with E-state index in [0.29, 0.717) is 0 Å². The third-order valence-electron chi connectivity index (χ3n) is 6.40. The van der Waals surface area contributed by atoms with Crippen molar-refractivity contribution in [2.45, 2.75) is 39.2 Å². The molecule has 2 aromatic carbocycles. The van der Waals surface area contributed by atoms with Gasteiger partial charge in [-0.1, -0.05) is 30.3 Å². The number of amides is 1. The van der Waals surface area contributed by atoms with E-state index in [1.54, 1.807) is 0 Å². The summed E-state index contributed by atoms with van der Waals surface area (Å²) in [5.74, 6) is 1.05. The van der Waals surface area contributed by atoms with E-state index >= 15 is 0 Å². The van der Waals surface area contributed by atoms with Crippen molar-refractivity contribution in [2.75, 3.05) is 26.2 Å². The molecule has 0 saturated carbocycles. The van der Waals surface area contributed by atoms with Gasteiger partial charge in [-0.3, -0.25) is 4.79 Å². The molecular weight excluding hydrogens is 360 g/mol. The van der Waals surface area contributed by atoms with E-state index in [0.717, 1.165) is 61.5 Å². The number of ether oxygens (including phenoxy) is 1. The molecule has 0 aromatic heterocycles. The van der Waals surface area contributed by atoms with Crippen molar-refractivity contribution in [1.82, 2.24) is 10.2 Å². The normalized spacial score (nSPS) is 17.6. The number of carbonyl (C=O) groups is 1. The predicted molar refractivity (Wildman–Crippen MR) is 117 cm³/mol. The van der Waals surface area contributed by atoms with Gasteiger partial charge in [-0.15, -0.1) is 0 Å². The fraction of sp³-hybridized carbons (Fsp3) is 0.400. The lowest BCUT2D eigenvalue weighted by Gasteiger charge is -2.43. The maximum absolute atomic E-state index is 12.7. The Hall–Kier alpha value is -2.59. The van der Waals surface area contributed by atoms with Crippen molar-refractivity contribution in [2.24, 2.45) is 0 Å². The summed E-state index contributed by atoms with van der Waals surface area (Å²) in [4.78, 5) is 14.5. The Labute approximate surface area is 173 Å². The fourth-order valence-electron chi connectivity index (χ4n) is 4.63. The molecule has 29 heavy (non-hydrogen) atoms.